The van der Waals surface area contributed by atoms with E-state index in [0.717, 1.165) is 60.2 Å². The lowest BCUT2D eigenvalue weighted by Crippen LogP contribution is -2.44. The number of rotatable bonds is 28. The number of nitrogens with zero attached hydrogens (tertiary/aromatic N) is 5. The monoisotopic (exact) mass is 874 g/mol. The van der Waals surface area contributed by atoms with Crippen molar-refractivity contribution < 1.29 is 9.59 Å². The van der Waals surface area contributed by atoms with Crippen LogP contribution in [-0.4, -0.2) is 38.5 Å². The molecule has 1 aliphatic rings. The highest BCUT2D eigenvalue weighted by molar-refractivity contribution is 6.40. The molecule has 58 heavy (non-hydrogen) atoms. The minimum absolute atomic E-state index is 0.0229. The van der Waals surface area contributed by atoms with E-state index in [-0.39, 0.29) is 38.7 Å². The first-order valence-electron chi connectivity index (χ1n) is 21.6. The lowest BCUT2D eigenvalue weighted by molar-refractivity contribution is -0.138. The molecule has 0 aliphatic carbocycles. The summed E-state index contributed by atoms with van der Waals surface area (Å²) in [6, 6.07) is 10.3. The Hall–Kier alpha value is -3.11. The molecule has 2 heterocycles. The number of nitrogens with one attached hydrogen (secondary N) is 1. The number of carbonyl (C=O) groups is 2. The van der Waals surface area contributed by atoms with Gasteiger partial charge >= 0.3 is 5.56 Å². The molecule has 0 spiro atoms. The molecular formula is C45H62Cl4N6O3. The van der Waals surface area contributed by atoms with Crippen LogP contribution in [0.25, 0.3) is 11.8 Å². The number of hydrogen-bond acceptors (Lipinski definition) is 6. The summed E-state index contributed by atoms with van der Waals surface area (Å²) in [6.45, 7) is 4.83. The Morgan fingerprint density at radius 1 is 0.759 bits per heavy atom. The quantitative estimate of drug-likeness (QED) is 0.0340. The number of azo groups is 1. The molecule has 0 bridgehead atoms. The predicted octanol–water partition coefficient (Wildman–Crippen LogP) is 14.9. The van der Waals surface area contributed by atoms with Gasteiger partial charge in [0, 0.05) is 5.02 Å². The highest BCUT2D eigenvalue weighted by Gasteiger charge is 2.43. The van der Waals surface area contributed by atoms with E-state index in [1.54, 1.807) is 6.07 Å². The number of benzene rings is 2. The number of aromatic amines is 1. The van der Waals surface area contributed by atoms with Crippen LogP contribution in [0.5, 0.6) is 0 Å². The van der Waals surface area contributed by atoms with Gasteiger partial charge in [-0.15, -0.1) is 16.7 Å². The van der Waals surface area contributed by atoms with Crippen molar-refractivity contribution in [1.29, 1.82) is 0 Å². The Bertz CT molecular complexity index is 1830. The van der Waals surface area contributed by atoms with Crippen LogP contribution in [0.2, 0.25) is 15.1 Å². The van der Waals surface area contributed by atoms with Crippen LogP contribution in [0, 0.1) is 0 Å². The lowest BCUT2D eigenvalue weighted by Gasteiger charge is -2.31. The third-order valence-electron chi connectivity index (χ3n) is 10.5. The van der Waals surface area contributed by atoms with Crippen molar-refractivity contribution in [2.24, 2.45) is 10.2 Å². The molecule has 1 saturated heterocycles. The zero-order valence-electron chi connectivity index (χ0n) is 34.4. The molecule has 4 rings (SSSR count). The van der Waals surface area contributed by atoms with E-state index < -0.39 is 22.8 Å². The van der Waals surface area contributed by atoms with Crippen molar-refractivity contribution in [3.63, 3.8) is 0 Å². The number of anilines is 2. The SMILES string of the molecule is CCCCCCCCCCCCCCCCC=Cc1cccc(N(c2[nH]n(-c3c(Cl)cc(Cl)cc3Cl)c(=O)c2N=NCCCCCCCC)N2C(=O)CC(Cl)C2=O)c1. The Morgan fingerprint density at radius 3 is 1.86 bits per heavy atom. The largest absolute Gasteiger partial charge is 0.301 e. The normalized spacial score (nSPS) is 14.6. The molecule has 2 amide bonds. The van der Waals surface area contributed by atoms with E-state index in [0.29, 0.717) is 12.2 Å². The number of H-pyrrole nitrogens is 1. The Morgan fingerprint density at radius 2 is 1.31 bits per heavy atom. The molecule has 2 aromatic carbocycles. The van der Waals surface area contributed by atoms with Gasteiger partial charge in [0.05, 0.1) is 28.7 Å². The summed E-state index contributed by atoms with van der Waals surface area (Å²) in [5.41, 5.74) is 0.645. The van der Waals surface area contributed by atoms with Gasteiger partial charge in [-0.05, 0) is 49.1 Å². The fourth-order valence-electron chi connectivity index (χ4n) is 7.22. The summed E-state index contributed by atoms with van der Waals surface area (Å²) in [5, 5.41) is 13.6. The van der Waals surface area contributed by atoms with Crippen LogP contribution in [0.1, 0.15) is 161 Å². The summed E-state index contributed by atoms with van der Waals surface area (Å²) in [4.78, 5) is 41.3. The molecule has 13 heteroatoms. The van der Waals surface area contributed by atoms with Crippen LogP contribution in [0.3, 0.4) is 0 Å². The number of carbonyl (C=O) groups excluding carboxylic acids is 2. The van der Waals surface area contributed by atoms with E-state index in [2.05, 4.69) is 35.3 Å². The van der Waals surface area contributed by atoms with Crippen LogP contribution in [0.4, 0.5) is 17.2 Å². The van der Waals surface area contributed by atoms with Gasteiger partial charge in [0.1, 0.15) is 11.1 Å². The molecule has 3 aromatic rings. The minimum Gasteiger partial charge on any atom is -0.272 e. The maximum absolute atomic E-state index is 14.2. The summed E-state index contributed by atoms with van der Waals surface area (Å²) < 4.78 is 1.13. The topological polar surface area (TPSA) is 103 Å². The smallest absolute Gasteiger partial charge is 0.272 e. The third-order valence-corrected chi connectivity index (χ3v) is 11.6. The predicted molar refractivity (Wildman–Crippen MR) is 243 cm³/mol. The number of unbranched alkanes of at least 4 members (excludes halogenated alkanes) is 19. The fourth-order valence-corrected chi connectivity index (χ4v) is 8.43. The summed E-state index contributed by atoms with van der Waals surface area (Å²) in [5.74, 6) is -1.14. The zero-order chi connectivity index (χ0) is 41.7. The van der Waals surface area contributed by atoms with Gasteiger partial charge in [-0.1, -0.05) is 189 Å². The average Bonchev–Trinajstić information content (AvgIpc) is 3.64. The first-order chi connectivity index (χ1) is 28.2. The molecule has 1 aromatic heterocycles. The first kappa shape index (κ1) is 47.6. The summed E-state index contributed by atoms with van der Waals surface area (Å²) >= 11 is 25.7. The highest BCUT2D eigenvalue weighted by atomic mass is 35.5. The van der Waals surface area contributed by atoms with Gasteiger partial charge in [-0.3, -0.25) is 19.5 Å². The van der Waals surface area contributed by atoms with Gasteiger partial charge in [0.25, 0.3) is 11.8 Å². The van der Waals surface area contributed by atoms with Gasteiger partial charge < -0.3 is 0 Å². The maximum Gasteiger partial charge on any atom is 0.301 e. The van der Waals surface area contributed by atoms with Crippen molar-refractivity contribution in [1.82, 2.24) is 14.8 Å². The van der Waals surface area contributed by atoms with Crippen LogP contribution in [-0.2, 0) is 9.59 Å². The van der Waals surface area contributed by atoms with Crippen LogP contribution in [0.15, 0.2) is 57.5 Å². The molecule has 0 radical (unpaired) electrons. The zero-order valence-corrected chi connectivity index (χ0v) is 37.5. The number of alkyl halides is 1. The van der Waals surface area contributed by atoms with E-state index in [9.17, 15) is 14.4 Å². The maximum atomic E-state index is 14.2. The second-order valence-corrected chi connectivity index (χ2v) is 17.1. The number of hydrogen-bond donors (Lipinski definition) is 1. The number of amides is 2. The Kier molecular flexibility index (Phi) is 21.5. The van der Waals surface area contributed by atoms with Crippen molar-refractivity contribution in [2.45, 2.75) is 160 Å². The number of hydrazine groups is 1. The average molecular weight is 877 g/mol. The second kappa shape index (κ2) is 26.2. The van der Waals surface area contributed by atoms with Crippen LogP contribution < -0.4 is 10.6 Å². The van der Waals surface area contributed by atoms with Gasteiger partial charge in [0.2, 0.25) is 0 Å². The molecule has 1 N–H and O–H groups in total. The molecule has 0 saturated carbocycles. The molecule has 1 aliphatic heterocycles. The minimum atomic E-state index is -1.07. The number of imide groups is 1. The van der Waals surface area contributed by atoms with Crippen molar-refractivity contribution in [3.8, 4) is 5.69 Å². The molecular weight excluding hydrogens is 814 g/mol. The molecule has 1 atom stereocenters. The second-order valence-electron chi connectivity index (χ2n) is 15.3. The molecule has 1 fully saturated rings. The van der Waals surface area contributed by atoms with Gasteiger partial charge in [0.15, 0.2) is 11.5 Å². The van der Waals surface area contributed by atoms with E-state index in [4.69, 9.17) is 46.4 Å². The van der Waals surface area contributed by atoms with Crippen molar-refractivity contribution in [2.75, 3.05) is 11.6 Å². The van der Waals surface area contributed by atoms with Gasteiger partial charge in [-0.2, -0.15) is 10.1 Å². The number of allylic oxidation sites excluding steroid dienone is 1. The Balaban J connectivity index is 1.51. The number of halogens is 4. The third kappa shape index (κ3) is 14.6. The molecule has 1 unspecified atom stereocenters. The van der Waals surface area contributed by atoms with Crippen molar-refractivity contribution in [3.05, 3.63) is 73.5 Å². The standard InChI is InChI=1S/C45H62Cl4N6O3/c1-3-5-7-9-11-12-13-14-15-16-17-18-19-20-21-23-26-34-27-25-28-36(30-34)54(55-40(56)33-39(49)44(55)57)43-41(51-50-29-24-22-10-8-6-4-2)45(58)53(52-43)42-37(47)31-35(46)32-38(42)48/h23,25-28,30-32,39,52H,3-22,24,29,33H2,1-2H3. The number of aromatic nitrogens is 2. The van der Waals surface area contributed by atoms with Crippen molar-refractivity contribution >= 4 is 81.5 Å². The van der Waals surface area contributed by atoms with Gasteiger partial charge in [-0.25, -0.2) is 9.69 Å². The highest BCUT2D eigenvalue weighted by Crippen LogP contribution is 2.38. The Labute approximate surface area is 365 Å². The van der Waals surface area contributed by atoms with E-state index in [1.807, 2.05) is 24.3 Å². The fraction of sp³-hybridized carbons (Fsp3) is 0.578. The summed E-state index contributed by atoms with van der Waals surface area (Å²) in [6.07, 6.45) is 29.7. The first-order valence-corrected chi connectivity index (χ1v) is 23.2. The van der Waals surface area contributed by atoms with Crippen LogP contribution >= 0.6 is 46.4 Å². The molecule has 9 nitrogen and oxygen atoms in total. The lowest BCUT2D eigenvalue weighted by atomic mass is 10.0. The summed E-state index contributed by atoms with van der Waals surface area (Å²) in [7, 11) is 0. The molecule has 318 valence electrons. The van der Waals surface area contributed by atoms with E-state index >= 15 is 0 Å². The van der Waals surface area contributed by atoms with E-state index in [1.165, 1.54) is 107 Å².